The monoisotopic (exact) mass is 258 g/mol. The van der Waals surface area contributed by atoms with E-state index in [-0.39, 0.29) is 0 Å². The van der Waals surface area contributed by atoms with E-state index in [1.165, 1.54) is 18.6 Å². The van der Waals surface area contributed by atoms with Gasteiger partial charge >= 0.3 is 0 Å². The molecule has 0 saturated heterocycles. The number of rotatable bonds is 8. The summed E-state index contributed by atoms with van der Waals surface area (Å²) in [5.41, 5.74) is 0. The van der Waals surface area contributed by atoms with Crippen LogP contribution >= 0.6 is 10.0 Å². The summed E-state index contributed by atoms with van der Waals surface area (Å²) in [5, 5.41) is 3.10. The molecular formula is C16H34S. The van der Waals surface area contributed by atoms with Gasteiger partial charge in [-0.1, -0.05) is 60.0 Å². The van der Waals surface area contributed by atoms with Gasteiger partial charge < -0.3 is 0 Å². The Bertz CT molecular complexity index is 222. The average molecular weight is 259 g/mol. The lowest BCUT2D eigenvalue weighted by Crippen LogP contribution is -2.31. The lowest BCUT2D eigenvalue weighted by Gasteiger charge is -2.45. The highest BCUT2D eigenvalue weighted by atomic mass is 32.3. The van der Waals surface area contributed by atoms with Gasteiger partial charge in [0.2, 0.25) is 0 Å². The molecule has 0 heterocycles. The highest BCUT2D eigenvalue weighted by Crippen LogP contribution is 2.55. The van der Waals surface area contributed by atoms with Gasteiger partial charge in [0.25, 0.3) is 0 Å². The van der Waals surface area contributed by atoms with Gasteiger partial charge in [-0.25, -0.2) is 10.0 Å². The zero-order chi connectivity index (χ0) is 13.6. The van der Waals surface area contributed by atoms with Crippen LogP contribution in [0.2, 0.25) is 0 Å². The van der Waals surface area contributed by atoms with Crippen LogP contribution in [0.3, 0.4) is 0 Å². The maximum Gasteiger partial charge on any atom is -0.00787 e. The second-order valence-corrected chi connectivity index (χ2v) is 9.92. The molecule has 4 atom stereocenters. The average Bonchev–Trinajstić information content (AvgIpc) is 2.29. The van der Waals surface area contributed by atoms with Gasteiger partial charge in [-0.2, -0.15) is 0 Å². The van der Waals surface area contributed by atoms with E-state index in [0.29, 0.717) is 0 Å². The lowest BCUT2D eigenvalue weighted by atomic mass is 9.81. The Balaban J connectivity index is 4.94. The van der Waals surface area contributed by atoms with Crippen LogP contribution in [0.15, 0.2) is 12.0 Å². The van der Waals surface area contributed by atoms with Crippen LogP contribution in [0.4, 0.5) is 0 Å². The molecule has 1 heteroatoms. The van der Waals surface area contributed by atoms with Crippen molar-refractivity contribution in [3.05, 3.63) is 12.0 Å². The van der Waals surface area contributed by atoms with Crippen LogP contribution in [0, 0.1) is 17.8 Å². The summed E-state index contributed by atoms with van der Waals surface area (Å²) in [6.07, 6.45) is 5.07. The summed E-state index contributed by atoms with van der Waals surface area (Å²) in [6.45, 7) is 18.4. The first-order chi connectivity index (χ1) is 7.83. The first kappa shape index (κ1) is 17.1. The van der Waals surface area contributed by atoms with E-state index in [4.69, 9.17) is 0 Å². The molecule has 0 aliphatic heterocycles. The third-order valence-electron chi connectivity index (χ3n) is 4.68. The highest BCUT2D eigenvalue weighted by molar-refractivity contribution is 8.36. The molecular weight excluding hydrogens is 224 g/mol. The largest absolute Gasteiger partial charge is 0.222 e. The van der Waals surface area contributed by atoms with Crippen molar-refractivity contribution in [2.24, 2.45) is 17.8 Å². The first-order valence-electron chi connectivity index (χ1n) is 7.21. The summed E-state index contributed by atoms with van der Waals surface area (Å²) in [7, 11) is -0.632. The molecule has 0 aromatic rings. The standard InChI is InChI=1S/C16H34S/c1-9-12-17(8,11-3)15(7)16(10-2)14(6)13(4)5/h11,13-16H,3,9-10,12H2,1-2,4-8H3. The van der Waals surface area contributed by atoms with Crippen molar-refractivity contribution in [3.8, 4) is 0 Å². The van der Waals surface area contributed by atoms with Crippen molar-refractivity contribution in [1.29, 1.82) is 0 Å². The zero-order valence-corrected chi connectivity index (χ0v) is 13.9. The minimum Gasteiger partial charge on any atom is -0.222 e. The Labute approximate surface area is 112 Å². The molecule has 0 aliphatic carbocycles. The maximum absolute atomic E-state index is 4.13. The van der Waals surface area contributed by atoms with E-state index in [2.05, 4.69) is 59.8 Å². The Kier molecular flexibility index (Phi) is 7.55. The summed E-state index contributed by atoms with van der Waals surface area (Å²) in [6, 6.07) is 0. The van der Waals surface area contributed by atoms with Crippen LogP contribution in [0.1, 0.15) is 54.4 Å². The van der Waals surface area contributed by atoms with Crippen molar-refractivity contribution in [3.63, 3.8) is 0 Å². The molecule has 0 aliphatic rings. The molecule has 0 spiro atoms. The molecule has 0 amide bonds. The first-order valence-corrected chi connectivity index (χ1v) is 9.55. The predicted molar refractivity (Wildman–Crippen MR) is 86.1 cm³/mol. The molecule has 0 aromatic heterocycles. The SMILES string of the molecule is C=CS(C)(CCC)C(C)C(CC)C(C)C(C)C. The number of hydrogen-bond acceptors (Lipinski definition) is 0. The van der Waals surface area contributed by atoms with E-state index in [0.717, 1.165) is 23.0 Å². The fourth-order valence-corrected chi connectivity index (χ4v) is 5.85. The lowest BCUT2D eigenvalue weighted by molar-refractivity contribution is 0.267. The molecule has 0 aromatic carbocycles. The van der Waals surface area contributed by atoms with Crippen LogP contribution < -0.4 is 0 Å². The van der Waals surface area contributed by atoms with Gasteiger partial charge in [0.1, 0.15) is 0 Å². The molecule has 0 bridgehead atoms. The molecule has 0 nitrogen and oxygen atoms in total. The van der Waals surface area contributed by atoms with E-state index in [9.17, 15) is 0 Å². The van der Waals surface area contributed by atoms with Crippen molar-refractivity contribution in [2.75, 3.05) is 12.0 Å². The van der Waals surface area contributed by atoms with Crippen molar-refractivity contribution >= 4 is 10.0 Å². The molecule has 0 rings (SSSR count). The summed E-state index contributed by atoms with van der Waals surface area (Å²) >= 11 is 0. The molecule has 17 heavy (non-hydrogen) atoms. The van der Waals surface area contributed by atoms with Gasteiger partial charge in [-0.15, -0.1) is 0 Å². The van der Waals surface area contributed by atoms with Crippen LogP contribution in [-0.2, 0) is 0 Å². The van der Waals surface area contributed by atoms with Crippen molar-refractivity contribution in [2.45, 2.75) is 59.6 Å². The van der Waals surface area contributed by atoms with Crippen LogP contribution in [-0.4, -0.2) is 17.3 Å². The topological polar surface area (TPSA) is 0 Å². The zero-order valence-electron chi connectivity index (χ0n) is 13.1. The van der Waals surface area contributed by atoms with E-state index >= 15 is 0 Å². The molecule has 4 unspecified atom stereocenters. The highest BCUT2D eigenvalue weighted by Gasteiger charge is 2.32. The Morgan fingerprint density at radius 3 is 1.94 bits per heavy atom. The number of hydrogen-bond donors (Lipinski definition) is 0. The minimum absolute atomic E-state index is 0.632. The second kappa shape index (κ2) is 7.51. The Hall–Kier alpha value is 0.0900. The third kappa shape index (κ3) is 4.35. The van der Waals surface area contributed by atoms with E-state index < -0.39 is 10.0 Å². The molecule has 0 fully saturated rings. The van der Waals surface area contributed by atoms with E-state index in [1.807, 2.05) is 0 Å². The van der Waals surface area contributed by atoms with Crippen LogP contribution in [0.25, 0.3) is 0 Å². The fourth-order valence-electron chi connectivity index (χ4n) is 2.89. The summed E-state index contributed by atoms with van der Waals surface area (Å²) in [4.78, 5) is 0. The molecule has 104 valence electrons. The van der Waals surface area contributed by atoms with E-state index in [1.54, 1.807) is 0 Å². The molecule has 0 radical (unpaired) electrons. The van der Waals surface area contributed by atoms with Gasteiger partial charge in [-0.05, 0) is 41.4 Å². The van der Waals surface area contributed by atoms with Crippen molar-refractivity contribution < 1.29 is 0 Å². The summed E-state index contributed by atoms with van der Waals surface area (Å²) < 4.78 is 0. The quantitative estimate of drug-likeness (QED) is 0.525. The van der Waals surface area contributed by atoms with Crippen LogP contribution in [0.5, 0.6) is 0 Å². The van der Waals surface area contributed by atoms with Gasteiger partial charge in [-0.3, -0.25) is 0 Å². The van der Waals surface area contributed by atoms with Crippen molar-refractivity contribution in [1.82, 2.24) is 0 Å². The Morgan fingerprint density at radius 1 is 1.12 bits per heavy atom. The Morgan fingerprint density at radius 2 is 1.65 bits per heavy atom. The predicted octanol–water partition coefficient (Wildman–Crippen LogP) is 5.68. The minimum atomic E-state index is -0.632. The third-order valence-corrected chi connectivity index (χ3v) is 8.77. The smallest absolute Gasteiger partial charge is 0.00787 e. The normalized spacial score (nSPS) is 22.6. The molecule has 0 N–H and O–H groups in total. The fraction of sp³-hybridized carbons (Fsp3) is 0.875. The van der Waals surface area contributed by atoms with Gasteiger partial charge in [0, 0.05) is 0 Å². The van der Waals surface area contributed by atoms with Gasteiger partial charge in [0.05, 0.1) is 0 Å². The molecule has 0 saturated carbocycles. The summed E-state index contributed by atoms with van der Waals surface area (Å²) in [5.74, 6) is 3.80. The maximum atomic E-state index is 4.13. The second-order valence-electron chi connectivity index (χ2n) is 5.98. The van der Waals surface area contributed by atoms with Gasteiger partial charge in [0.15, 0.2) is 0 Å².